The number of sulfonamides is 1. The highest BCUT2D eigenvalue weighted by atomic mass is 35.5. The van der Waals surface area contributed by atoms with Gasteiger partial charge in [0, 0.05) is 27.2 Å². The number of fused-ring (bicyclic) bond motifs is 2. The minimum absolute atomic E-state index is 0.169. The highest BCUT2D eigenvalue weighted by molar-refractivity contribution is 7.89. The van der Waals surface area contributed by atoms with E-state index in [1.54, 1.807) is 23.5 Å². The minimum atomic E-state index is -3.66. The molecular formula is C17H15ClN2O2S2. The molecule has 2 aromatic carbocycles. The van der Waals surface area contributed by atoms with Crippen LogP contribution in [0.2, 0.25) is 5.02 Å². The van der Waals surface area contributed by atoms with Gasteiger partial charge in [0.25, 0.3) is 0 Å². The van der Waals surface area contributed by atoms with Gasteiger partial charge in [-0.3, -0.25) is 0 Å². The van der Waals surface area contributed by atoms with Gasteiger partial charge in [-0.05, 0) is 36.2 Å². The Bertz CT molecular complexity index is 1040. The van der Waals surface area contributed by atoms with Crippen LogP contribution in [-0.2, 0) is 23.0 Å². The third-order valence-electron chi connectivity index (χ3n) is 4.31. The number of hydrogen-bond acceptors (Lipinski definition) is 4. The molecule has 0 bridgehead atoms. The Balaban J connectivity index is 1.67. The molecule has 2 N–H and O–H groups in total. The highest BCUT2D eigenvalue weighted by Crippen LogP contribution is 2.38. The first-order chi connectivity index (χ1) is 11.4. The van der Waals surface area contributed by atoms with Crippen molar-refractivity contribution in [2.24, 2.45) is 5.14 Å². The summed E-state index contributed by atoms with van der Waals surface area (Å²) in [6, 6.07) is 13.2. The molecule has 0 saturated carbocycles. The molecule has 1 aromatic heterocycles. The van der Waals surface area contributed by atoms with Gasteiger partial charge in [0.1, 0.15) is 0 Å². The van der Waals surface area contributed by atoms with E-state index in [2.05, 4.69) is 11.0 Å². The second-order valence-corrected chi connectivity index (χ2v) is 8.92. The smallest absolute Gasteiger partial charge is 0.238 e. The van der Waals surface area contributed by atoms with Crippen LogP contribution in [0.4, 0.5) is 5.69 Å². The molecule has 4 rings (SSSR count). The zero-order valence-corrected chi connectivity index (χ0v) is 15.1. The molecule has 124 valence electrons. The van der Waals surface area contributed by atoms with Crippen LogP contribution >= 0.6 is 22.9 Å². The number of halogens is 1. The molecule has 24 heavy (non-hydrogen) atoms. The standard InChI is InChI=1S/C17H15ClN2O2S2/c18-17-13-3-1-2-4-15(13)23-16(17)10-20-8-7-11-9-12(24(19,21)22)5-6-14(11)20/h1-6,9H,7-8,10H2,(H2,19,21,22). The summed E-state index contributed by atoms with van der Waals surface area (Å²) >= 11 is 8.24. The average molecular weight is 379 g/mol. The molecule has 0 fully saturated rings. The first-order valence-corrected chi connectivity index (χ1v) is 10.2. The number of hydrogen-bond donors (Lipinski definition) is 1. The zero-order valence-electron chi connectivity index (χ0n) is 12.7. The summed E-state index contributed by atoms with van der Waals surface area (Å²) in [7, 11) is -3.66. The van der Waals surface area contributed by atoms with Gasteiger partial charge < -0.3 is 4.90 Å². The van der Waals surface area contributed by atoms with Gasteiger partial charge in [-0.25, -0.2) is 13.6 Å². The lowest BCUT2D eigenvalue weighted by Gasteiger charge is -2.19. The number of thiophene rings is 1. The van der Waals surface area contributed by atoms with Gasteiger partial charge in [-0.2, -0.15) is 0 Å². The maximum atomic E-state index is 11.5. The predicted octanol–water partition coefficient (Wildman–Crippen LogP) is 3.76. The molecular weight excluding hydrogens is 364 g/mol. The van der Waals surface area contributed by atoms with Crippen LogP contribution in [0, 0.1) is 0 Å². The second kappa shape index (κ2) is 5.74. The van der Waals surface area contributed by atoms with E-state index in [1.807, 2.05) is 24.3 Å². The van der Waals surface area contributed by atoms with Crippen molar-refractivity contribution < 1.29 is 8.42 Å². The van der Waals surface area contributed by atoms with Gasteiger partial charge in [0.15, 0.2) is 0 Å². The van der Waals surface area contributed by atoms with Crippen molar-refractivity contribution in [1.82, 2.24) is 0 Å². The fraction of sp³-hybridized carbons (Fsp3) is 0.176. The third kappa shape index (κ3) is 2.69. The number of primary sulfonamides is 1. The third-order valence-corrected chi connectivity index (χ3v) is 6.92. The van der Waals surface area contributed by atoms with E-state index >= 15 is 0 Å². The number of nitrogens with zero attached hydrogens (tertiary/aromatic N) is 1. The summed E-state index contributed by atoms with van der Waals surface area (Å²) < 4.78 is 24.2. The molecule has 2 heterocycles. The Morgan fingerprint density at radius 1 is 1.21 bits per heavy atom. The summed E-state index contributed by atoms with van der Waals surface area (Å²) in [4.78, 5) is 3.53. The van der Waals surface area contributed by atoms with E-state index in [1.165, 1.54) is 4.70 Å². The van der Waals surface area contributed by atoms with E-state index in [4.69, 9.17) is 16.7 Å². The molecule has 0 atom stereocenters. The molecule has 0 unspecified atom stereocenters. The Labute approximate surface area is 149 Å². The number of rotatable bonds is 3. The summed E-state index contributed by atoms with van der Waals surface area (Å²) in [5.74, 6) is 0. The van der Waals surface area contributed by atoms with Gasteiger partial charge in [0.2, 0.25) is 10.0 Å². The molecule has 0 amide bonds. The Kier molecular flexibility index (Phi) is 3.80. The van der Waals surface area contributed by atoms with Gasteiger partial charge in [0.05, 0.1) is 16.5 Å². The van der Waals surface area contributed by atoms with E-state index in [0.717, 1.165) is 46.0 Å². The van der Waals surface area contributed by atoms with Crippen LogP contribution in [0.5, 0.6) is 0 Å². The number of nitrogens with two attached hydrogens (primary N) is 1. The van der Waals surface area contributed by atoms with Crippen LogP contribution in [0.1, 0.15) is 10.4 Å². The SMILES string of the molecule is NS(=O)(=O)c1ccc2c(c1)CCN2Cc1sc2ccccc2c1Cl. The monoisotopic (exact) mass is 378 g/mol. The summed E-state index contributed by atoms with van der Waals surface area (Å²) in [5.41, 5.74) is 2.06. The Morgan fingerprint density at radius 3 is 2.75 bits per heavy atom. The lowest BCUT2D eigenvalue weighted by molar-refractivity contribution is 0.597. The van der Waals surface area contributed by atoms with E-state index in [-0.39, 0.29) is 4.90 Å². The maximum absolute atomic E-state index is 11.5. The van der Waals surface area contributed by atoms with Crippen LogP contribution in [0.15, 0.2) is 47.4 Å². The molecule has 7 heteroatoms. The second-order valence-electron chi connectivity index (χ2n) is 5.84. The minimum Gasteiger partial charge on any atom is -0.366 e. The van der Waals surface area contributed by atoms with E-state index < -0.39 is 10.0 Å². The quantitative estimate of drug-likeness (QED) is 0.754. The largest absolute Gasteiger partial charge is 0.366 e. The van der Waals surface area contributed by atoms with Crippen LogP contribution in [0.3, 0.4) is 0 Å². The molecule has 1 aliphatic heterocycles. The fourth-order valence-electron chi connectivity index (χ4n) is 3.13. The van der Waals surface area contributed by atoms with Crippen LogP contribution in [0.25, 0.3) is 10.1 Å². The van der Waals surface area contributed by atoms with E-state index in [0.29, 0.717) is 0 Å². The molecule has 3 aromatic rings. The predicted molar refractivity (Wildman–Crippen MR) is 99.4 cm³/mol. The zero-order chi connectivity index (χ0) is 16.9. The van der Waals surface area contributed by atoms with Gasteiger partial charge in [-0.1, -0.05) is 29.8 Å². The maximum Gasteiger partial charge on any atom is 0.238 e. The summed E-state index contributed by atoms with van der Waals surface area (Å²) in [6.07, 6.45) is 0.807. The fourth-order valence-corrected chi connectivity index (χ4v) is 5.20. The molecule has 0 radical (unpaired) electrons. The van der Waals surface area contributed by atoms with Gasteiger partial charge in [-0.15, -0.1) is 11.3 Å². The van der Waals surface area contributed by atoms with Crippen molar-refractivity contribution in [3.63, 3.8) is 0 Å². The topological polar surface area (TPSA) is 63.4 Å². The average Bonchev–Trinajstić information content (AvgIpc) is 3.09. The Morgan fingerprint density at radius 2 is 2.00 bits per heavy atom. The van der Waals surface area contributed by atoms with Crippen molar-refractivity contribution in [1.29, 1.82) is 0 Å². The van der Waals surface area contributed by atoms with E-state index in [9.17, 15) is 8.42 Å². The number of benzene rings is 2. The normalized spacial score (nSPS) is 14.3. The first-order valence-electron chi connectivity index (χ1n) is 7.50. The van der Waals surface area contributed by atoms with Crippen molar-refractivity contribution >= 4 is 48.7 Å². The summed E-state index contributed by atoms with van der Waals surface area (Å²) in [6.45, 7) is 1.56. The van der Waals surface area contributed by atoms with Crippen molar-refractivity contribution in [3.05, 3.63) is 57.9 Å². The van der Waals surface area contributed by atoms with Crippen LogP contribution in [-0.4, -0.2) is 15.0 Å². The lowest BCUT2D eigenvalue weighted by Crippen LogP contribution is -2.19. The van der Waals surface area contributed by atoms with Crippen molar-refractivity contribution in [2.75, 3.05) is 11.4 Å². The number of anilines is 1. The molecule has 0 aliphatic carbocycles. The highest BCUT2D eigenvalue weighted by Gasteiger charge is 2.23. The lowest BCUT2D eigenvalue weighted by atomic mass is 10.2. The molecule has 4 nitrogen and oxygen atoms in total. The Hall–Kier alpha value is -1.60. The molecule has 1 aliphatic rings. The first kappa shape index (κ1) is 15.9. The van der Waals surface area contributed by atoms with Crippen molar-refractivity contribution in [3.8, 4) is 0 Å². The van der Waals surface area contributed by atoms with Crippen LogP contribution < -0.4 is 10.0 Å². The van der Waals surface area contributed by atoms with Gasteiger partial charge >= 0.3 is 0 Å². The van der Waals surface area contributed by atoms with Crippen molar-refractivity contribution in [2.45, 2.75) is 17.9 Å². The molecule has 0 saturated heterocycles. The molecule has 0 spiro atoms. The summed E-state index contributed by atoms with van der Waals surface area (Å²) in [5, 5.41) is 7.11.